The Balaban J connectivity index is 1.55. The lowest BCUT2D eigenvalue weighted by Crippen LogP contribution is -2.36. The Morgan fingerprint density at radius 2 is 2.08 bits per heavy atom. The number of fused-ring (bicyclic) bond motifs is 1. The Labute approximate surface area is 154 Å². The van der Waals surface area contributed by atoms with E-state index in [0.29, 0.717) is 18.0 Å². The topological polar surface area (TPSA) is 96.1 Å². The molecule has 8 heteroatoms. The number of aromatic amines is 1. The van der Waals surface area contributed by atoms with Crippen LogP contribution in [0.2, 0.25) is 5.02 Å². The fourth-order valence-corrected chi connectivity index (χ4v) is 2.62. The van der Waals surface area contributed by atoms with Crippen LogP contribution in [0.15, 0.2) is 42.7 Å². The minimum absolute atomic E-state index is 0.262. The lowest BCUT2D eigenvalue weighted by Gasteiger charge is -2.06. The van der Waals surface area contributed by atoms with E-state index >= 15 is 0 Å². The molecule has 1 aromatic carbocycles. The third-order valence-corrected chi connectivity index (χ3v) is 4.05. The summed E-state index contributed by atoms with van der Waals surface area (Å²) in [5.41, 5.74) is 2.01. The van der Waals surface area contributed by atoms with E-state index in [-0.39, 0.29) is 5.82 Å². The van der Waals surface area contributed by atoms with Gasteiger partial charge in [-0.05, 0) is 42.3 Å². The Bertz CT molecular complexity index is 937. The Kier molecular flexibility index (Phi) is 5.38. The maximum Gasteiger partial charge on any atom is 0.314 e. The van der Waals surface area contributed by atoms with Gasteiger partial charge in [0.05, 0.1) is 12.1 Å². The van der Waals surface area contributed by atoms with Gasteiger partial charge in [0.1, 0.15) is 11.6 Å². The van der Waals surface area contributed by atoms with Gasteiger partial charge in [0.2, 0.25) is 0 Å². The zero-order valence-electron chi connectivity index (χ0n) is 14.0. The molecular formula is C18H17ClN4O3. The van der Waals surface area contributed by atoms with Gasteiger partial charge in [-0.2, -0.15) is 0 Å². The van der Waals surface area contributed by atoms with Gasteiger partial charge in [0, 0.05) is 29.8 Å². The highest BCUT2D eigenvalue weighted by Gasteiger charge is 2.14. The van der Waals surface area contributed by atoms with Crippen molar-refractivity contribution in [3.8, 4) is 5.75 Å². The lowest BCUT2D eigenvalue weighted by atomic mass is 10.1. The second kappa shape index (κ2) is 7.88. The number of carbonyl (C=O) groups excluding carboxylic acids is 2. The van der Waals surface area contributed by atoms with E-state index in [2.05, 4.69) is 20.6 Å². The summed E-state index contributed by atoms with van der Waals surface area (Å²) < 4.78 is 5.23. The van der Waals surface area contributed by atoms with Gasteiger partial charge in [-0.3, -0.25) is 9.59 Å². The summed E-state index contributed by atoms with van der Waals surface area (Å²) in [4.78, 5) is 30.9. The average molecular weight is 373 g/mol. The first-order chi connectivity index (χ1) is 12.6. The molecule has 0 spiro atoms. The maximum atomic E-state index is 11.9. The number of hydrogen-bond donors (Lipinski definition) is 3. The molecule has 0 aliphatic heterocycles. The van der Waals surface area contributed by atoms with Crippen LogP contribution in [0.5, 0.6) is 5.75 Å². The molecule has 134 valence electrons. The van der Waals surface area contributed by atoms with Gasteiger partial charge >= 0.3 is 11.8 Å². The molecule has 3 aromatic rings. The number of ether oxygens (including phenoxy) is 1. The van der Waals surface area contributed by atoms with Gasteiger partial charge in [-0.1, -0.05) is 11.6 Å². The van der Waals surface area contributed by atoms with E-state index in [1.165, 1.54) is 12.3 Å². The molecule has 0 fully saturated rings. The summed E-state index contributed by atoms with van der Waals surface area (Å²) in [5.74, 6) is -0.477. The molecule has 3 rings (SSSR count). The van der Waals surface area contributed by atoms with Crippen LogP contribution in [-0.2, 0) is 16.0 Å². The van der Waals surface area contributed by atoms with Crippen molar-refractivity contribution >= 4 is 40.1 Å². The molecule has 26 heavy (non-hydrogen) atoms. The molecule has 0 aliphatic carbocycles. The predicted octanol–water partition coefficient (Wildman–Crippen LogP) is 2.52. The summed E-state index contributed by atoms with van der Waals surface area (Å²) in [6, 6.07) is 8.84. The number of rotatable bonds is 5. The number of halogens is 1. The van der Waals surface area contributed by atoms with Crippen LogP contribution < -0.4 is 15.4 Å². The molecule has 7 nitrogen and oxygen atoms in total. The zero-order chi connectivity index (χ0) is 18.5. The number of aromatic nitrogens is 2. The number of carbonyl (C=O) groups is 2. The second-order valence-electron chi connectivity index (χ2n) is 5.55. The van der Waals surface area contributed by atoms with Crippen molar-refractivity contribution in [1.82, 2.24) is 15.3 Å². The molecule has 0 bridgehead atoms. The maximum absolute atomic E-state index is 11.9. The van der Waals surface area contributed by atoms with Crippen LogP contribution in [0, 0.1) is 0 Å². The number of anilines is 1. The van der Waals surface area contributed by atoms with E-state index in [9.17, 15) is 9.59 Å². The van der Waals surface area contributed by atoms with Crippen LogP contribution in [0.1, 0.15) is 5.56 Å². The summed E-state index contributed by atoms with van der Waals surface area (Å²) in [5, 5.41) is 6.48. The SMILES string of the molecule is COc1ccc2[nH]cc(CCNC(=O)C(=O)Nc3ccc(Cl)cn3)c2c1. The molecular weight excluding hydrogens is 356 g/mol. The monoisotopic (exact) mass is 372 g/mol. The van der Waals surface area contributed by atoms with Crippen molar-refractivity contribution in [3.05, 3.63) is 53.3 Å². The number of nitrogens with zero attached hydrogens (tertiary/aromatic N) is 1. The lowest BCUT2D eigenvalue weighted by molar-refractivity contribution is -0.136. The van der Waals surface area contributed by atoms with Crippen LogP contribution in [0.3, 0.4) is 0 Å². The Hall–Kier alpha value is -3.06. The number of hydrogen-bond acceptors (Lipinski definition) is 4. The van der Waals surface area contributed by atoms with Crippen molar-refractivity contribution in [2.24, 2.45) is 0 Å². The van der Waals surface area contributed by atoms with Crippen LogP contribution in [-0.4, -0.2) is 35.4 Å². The van der Waals surface area contributed by atoms with Gasteiger partial charge in [0.15, 0.2) is 0 Å². The molecule has 2 heterocycles. The smallest absolute Gasteiger partial charge is 0.314 e. The zero-order valence-corrected chi connectivity index (χ0v) is 14.8. The third kappa shape index (κ3) is 4.12. The first kappa shape index (κ1) is 17.8. The average Bonchev–Trinajstić information content (AvgIpc) is 3.05. The quantitative estimate of drug-likeness (QED) is 0.599. The first-order valence-electron chi connectivity index (χ1n) is 7.91. The van der Waals surface area contributed by atoms with E-state index in [1.54, 1.807) is 13.2 Å². The first-order valence-corrected chi connectivity index (χ1v) is 8.29. The van der Waals surface area contributed by atoms with E-state index in [4.69, 9.17) is 16.3 Å². The largest absolute Gasteiger partial charge is 0.497 e. The highest BCUT2D eigenvalue weighted by atomic mass is 35.5. The van der Waals surface area contributed by atoms with E-state index in [1.807, 2.05) is 24.4 Å². The molecule has 2 amide bonds. The highest BCUT2D eigenvalue weighted by Crippen LogP contribution is 2.23. The van der Waals surface area contributed by atoms with Gasteiger partial charge < -0.3 is 20.4 Å². The summed E-state index contributed by atoms with van der Waals surface area (Å²) in [6.07, 6.45) is 3.85. The van der Waals surface area contributed by atoms with Crippen molar-refractivity contribution in [3.63, 3.8) is 0 Å². The van der Waals surface area contributed by atoms with Gasteiger partial charge in [-0.15, -0.1) is 0 Å². The standard InChI is InChI=1S/C18H17ClN4O3/c1-26-13-3-4-15-14(8-13)11(9-21-15)6-7-20-17(24)18(25)23-16-5-2-12(19)10-22-16/h2-5,8-10,21H,6-7H2,1H3,(H,20,24)(H,22,23,25). The molecule has 3 N–H and O–H groups in total. The number of amides is 2. The number of methoxy groups -OCH3 is 1. The normalized spacial score (nSPS) is 10.5. The van der Waals surface area contributed by atoms with Crippen molar-refractivity contribution < 1.29 is 14.3 Å². The molecule has 0 radical (unpaired) electrons. The molecule has 0 saturated carbocycles. The highest BCUT2D eigenvalue weighted by molar-refractivity contribution is 6.39. The number of benzene rings is 1. The van der Waals surface area contributed by atoms with Crippen LogP contribution >= 0.6 is 11.6 Å². The van der Waals surface area contributed by atoms with Crippen LogP contribution in [0.25, 0.3) is 10.9 Å². The number of nitrogens with one attached hydrogen (secondary N) is 3. The minimum atomic E-state index is -0.777. The molecule has 2 aromatic heterocycles. The Morgan fingerprint density at radius 1 is 1.23 bits per heavy atom. The van der Waals surface area contributed by atoms with E-state index < -0.39 is 11.8 Å². The number of pyridine rings is 1. The van der Waals surface area contributed by atoms with Crippen molar-refractivity contribution in [2.45, 2.75) is 6.42 Å². The molecule has 0 atom stereocenters. The molecule has 0 saturated heterocycles. The predicted molar refractivity (Wildman–Crippen MR) is 99.4 cm³/mol. The van der Waals surface area contributed by atoms with Crippen molar-refractivity contribution in [1.29, 1.82) is 0 Å². The minimum Gasteiger partial charge on any atom is -0.497 e. The van der Waals surface area contributed by atoms with Crippen molar-refractivity contribution in [2.75, 3.05) is 19.0 Å². The molecule has 0 aliphatic rings. The fraction of sp³-hybridized carbons (Fsp3) is 0.167. The second-order valence-corrected chi connectivity index (χ2v) is 5.98. The summed E-state index contributed by atoms with van der Waals surface area (Å²) in [6.45, 7) is 0.324. The summed E-state index contributed by atoms with van der Waals surface area (Å²) >= 11 is 5.72. The fourth-order valence-electron chi connectivity index (χ4n) is 2.51. The van der Waals surface area contributed by atoms with E-state index in [0.717, 1.165) is 22.2 Å². The van der Waals surface area contributed by atoms with Crippen LogP contribution in [0.4, 0.5) is 5.82 Å². The third-order valence-electron chi connectivity index (χ3n) is 3.83. The Morgan fingerprint density at radius 3 is 2.81 bits per heavy atom. The molecule has 0 unspecified atom stereocenters. The summed E-state index contributed by atoms with van der Waals surface area (Å²) in [7, 11) is 1.61. The van der Waals surface area contributed by atoms with Gasteiger partial charge in [0.25, 0.3) is 0 Å². The van der Waals surface area contributed by atoms with Gasteiger partial charge in [-0.25, -0.2) is 4.98 Å². The number of H-pyrrole nitrogens is 1.